The van der Waals surface area contributed by atoms with Crippen molar-refractivity contribution in [2.75, 3.05) is 0 Å². The van der Waals surface area contributed by atoms with Gasteiger partial charge in [0.25, 0.3) is 0 Å². The van der Waals surface area contributed by atoms with Gasteiger partial charge in [-0.1, -0.05) is 13.8 Å². The zero-order valence-electron chi connectivity index (χ0n) is 5.72. The molecule has 0 aromatic heterocycles. The molecule has 0 aromatic rings. The van der Waals surface area contributed by atoms with E-state index in [1.807, 2.05) is 0 Å². The van der Waals surface area contributed by atoms with Crippen LogP contribution in [0, 0.1) is 23.7 Å². The number of hydrogen-bond acceptors (Lipinski definition) is 0. The van der Waals surface area contributed by atoms with Gasteiger partial charge in [-0.25, -0.2) is 0 Å². The van der Waals surface area contributed by atoms with Gasteiger partial charge in [0.05, 0.1) is 0 Å². The zero-order chi connectivity index (χ0) is 5.72. The smallest absolute Gasteiger partial charge is 0.0355 e. The summed E-state index contributed by atoms with van der Waals surface area (Å²) in [6.45, 7) is 4.82. The molecule has 0 spiro atoms. The molecule has 2 aliphatic carbocycles. The van der Waals surface area contributed by atoms with Crippen molar-refractivity contribution in [3.63, 3.8) is 0 Å². The van der Waals surface area contributed by atoms with Crippen LogP contribution in [0.3, 0.4) is 0 Å². The van der Waals surface area contributed by atoms with E-state index < -0.39 is 0 Å². The Kier molecular flexibility index (Phi) is 0.778. The monoisotopic (exact) mass is 110 g/mol. The first-order valence-electron chi connectivity index (χ1n) is 3.80. The predicted molar refractivity (Wildman–Crippen MR) is 34.5 cm³/mol. The molecule has 0 nitrogen and oxygen atoms in total. The molecular weight excluding hydrogens is 96.1 g/mol. The lowest BCUT2D eigenvalue weighted by Gasteiger charge is -2.57. The molecule has 0 N–H and O–H groups in total. The van der Waals surface area contributed by atoms with Crippen LogP contribution in [-0.2, 0) is 0 Å². The first-order valence-corrected chi connectivity index (χ1v) is 3.80. The molecule has 2 fully saturated rings. The maximum Gasteiger partial charge on any atom is -0.0355 e. The van der Waals surface area contributed by atoms with E-state index in [1.54, 1.807) is 0 Å². The second-order valence-electron chi connectivity index (χ2n) is 3.62. The highest BCUT2D eigenvalue weighted by Crippen LogP contribution is 2.57. The van der Waals surface area contributed by atoms with Gasteiger partial charge in [-0.15, -0.1) is 0 Å². The van der Waals surface area contributed by atoms with Gasteiger partial charge in [-0.3, -0.25) is 0 Å². The van der Waals surface area contributed by atoms with Crippen molar-refractivity contribution in [1.82, 2.24) is 0 Å². The fourth-order valence-electron chi connectivity index (χ4n) is 2.49. The molecule has 8 heavy (non-hydrogen) atoms. The Morgan fingerprint density at radius 2 is 1.25 bits per heavy atom. The molecular formula is C8H14. The second-order valence-corrected chi connectivity index (χ2v) is 3.62. The van der Waals surface area contributed by atoms with Crippen LogP contribution in [0.1, 0.15) is 26.7 Å². The van der Waals surface area contributed by atoms with Crippen LogP contribution < -0.4 is 0 Å². The molecule has 2 saturated carbocycles. The third kappa shape index (κ3) is 0.340. The Balaban J connectivity index is 2.03. The fourth-order valence-corrected chi connectivity index (χ4v) is 2.49. The Hall–Kier alpha value is 0. The summed E-state index contributed by atoms with van der Waals surface area (Å²) in [7, 11) is 0. The molecule has 46 valence electrons. The standard InChI is InChI=1S/C8H14/c1-5-6(2)8-4-3-7(5)8/h5-8H,3-4H2,1-2H3/t5-,6?,7-,8+/m1/s1. The summed E-state index contributed by atoms with van der Waals surface area (Å²) in [4.78, 5) is 0. The van der Waals surface area contributed by atoms with Gasteiger partial charge >= 0.3 is 0 Å². The minimum atomic E-state index is 1.06. The summed E-state index contributed by atoms with van der Waals surface area (Å²) >= 11 is 0. The molecule has 0 amide bonds. The highest BCUT2D eigenvalue weighted by Gasteiger charge is 2.50. The molecule has 0 aromatic carbocycles. The largest absolute Gasteiger partial charge is 0.0620 e. The second kappa shape index (κ2) is 1.29. The topological polar surface area (TPSA) is 0 Å². The van der Waals surface area contributed by atoms with Gasteiger partial charge in [0.1, 0.15) is 0 Å². The molecule has 0 saturated heterocycles. The highest BCUT2D eigenvalue weighted by atomic mass is 14.5. The number of fused-ring (bicyclic) bond motifs is 1. The minimum absolute atomic E-state index is 1.06. The molecule has 0 heterocycles. The van der Waals surface area contributed by atoms with E-state index in [9.17, 15) is 0 Å². The SMILES string of the molecule is CC1[C@@H](C)[C@H]2CC[C@@H]12. The summed E-state index contributed by atoms with van der Waals surface area (Å²) in [5, 5.41) is 0. The zero-order valence-corrected chi connectivity index (χ0v) is 5.72. The molecule has 2 rings (SSSR count). The van der Waals surface area contributed by atoms with Crippen molar-refractivity contribution in [2.24, 2.45) is 23.7 Å². The Bertz CT molecular complexity index is 80.6. The quantitative estimate of drug-likeness (QED) is 0.449. The molecule has 0 aliphatic heterocycles. The predicted octanol–water partition coefficient (Wildman–Crippen LogP) is 2.30. The van der Waals surface area contributed by atoms with Gasteiger partial charge in [-0.05, 0) is 36.5 Å². The van der Waals surface area contributed by atoms with Crippen molar-refractivity contribution < 1.29 is 0 Å². The van der Waals surface area contributed by atoms with Gasteiger partial charge < -0.3 is 0 Å². The van der Waals surface area contributed by atoms with E-state index in [0.29, 0.717) is 0 Å². The number of rotatable bonds is 0. The third-order valence-electron chi connectivity index (χ3n) is 3.56. The molecule has 4 atom stereocenters. The summed E-state index contributed by atoms with van der Waals surface area (Å²) in [6, 6.07) is 0. The third-order valence-corrected chi connectivity index (χ3v) is 3.56. The van der Waals surface area contributed by atoms with Gasteiger partial charge in [-0.2, -0.15) is 0 Å². The van der Waals surface area contributed by atoms with Crippen molar-refractivity contribution >= 4 is 0 Å². The van der Waals surface area contributed by atoms with Crippen LogP contribution in [0.2, 0.25) is 0 Å². The van der Waals surface area contributed by atoms with Gasteiger partial charge in [0.2, 0.25) is 0 Å². The van der Waals surface area contributed by atoms with Crippen LogP contribution in [0.4, 0.5) is 0 Å². The van der Waals surface area contributed by atoms with E-state index in [-0.39, 0.29) is 0 Å². The highest BCUT2D eigenvalue weighted by molar-refractivity contribution is 4.99. The Labute approximate surface area is 51.3 Å². The molecule has 0 bridgehead atoms. The Morgan fingerprint density at radius 3 is 1.38 bits per heavy atom. The lowest BCUT2D eigenvalue weighted by Crippen LogP contribution is -2.50. The van der Waals surface area contributed by atoms with E-state index >= 15 is 0 Å². The summed E-state index contributed by atoms with van der Waals surface area (Å²) in [6.07, 6.45) is 3.08. The van der Waals surface area contributed by atoms with E-state index in [0.717, 1.165) is 23.7 Å². The molecule has 0 heteroatoms. The lowest BCUT2D eigenvalue weighted by molar-refractivity contribution is -0.0815. The van der Waals surface area contributed by atoms with Crippen LogP contribution >= 0.6 is 0 Å². The summed E-state index contributed by atoms with van der Waals surface area (Å²) in [5.41, 5.74) is 0. The fraction of sp³-hybridized carbons (Fsp3) is 1.00. The van der Waals surface area contributed by atoms with E-state index in [4.69, 9.17) is 0 Å². The maximum absolute atomic E-state index is 2.41. The van der Waals surface area contributed by atoms with Crippen LogP contribution in [0.25, 0.3) is 0 Å². The van der Waals surface area contributed by atoms with Gasteiger partial charge in [0.15, 0.2) is 0 Å². The number of hydrogen-bond donors (Lipinski definition) is 0. The molecule has 1 unspecified atom stereocenters. The van der Waals surface area contributed by atoms with E-state index in [1.165, 1.54) is 12.8 Å². The molecule has 2 aliphatic rings. The first kappa shape index (κ1) is 4.84. The summed E-state index contributed by atoms with van der Waals surface area (Å²) in [5.74, 6) is 4.44. The average Bonchev–Trinajstić information content (AvgIpc) is 1.64. The molecule has 0 radical (unpaired) electrons. The van der Waals surface area contributed by atoms with Crippen molar-refractivity contribution in [3.05, 3.63) is 0 Å². The lowest BCUT2D eigenvalue weighted by atomic mass is 9.48. The minimum Gasteiger partial charge on any atom is -0.0620 e. The average molecular weight is 110 g/mol. The summed E-state index contributed by atoms with van der Waals surface area (Å²) < 4.78 is 0. The van der Waals surface area contributed by atoms with Crippen molar-refractivity contribution in [2.45, 2.75) is 26.7 Å². The van der Waals surface area contributed by atoms with Gasteiger partial charge in [0, 0.05) is 0 Å². The van der Waals surface area contributed by atoms with Crippen molar-refractivity contribution in [3.8, 4) is 0 Å². The normalized spacial score (nSPS) is 60.8. The van der Waals surface area contributed by atoms with Crippen LogP contribution in [0.15, 0.2) is 0 Å². The van der Waals surface area contributed by atoms with Crippen LogP contribution in [0.5, 0.6) is 0 Å². The maximum atomic E-state index is 2.41. The van der Waals surface area contributed by atoms with Crippen molar-refractivity contribution in [1.29, 1.82) is 0 Å². The van der Waals surface area contributed by atoms with E-state index in [2.05, 4.69) is 13.8 Å². The first-order chi connectivity index (χ1) is 3.80. The Morgan fingerprint density at radius 1 is 0.875 bits per heavy atom. The van der Waals surface area contributed by atoms with Crippen LogP contribution in [-0.4, -0.2) is 0 Å².